The zero-order valence-corrected chi connectivity index (χ0v) is 10.0. The summed E-state index contributed by atoms with van der Waals surface area (Å²) in [5.74, 6) is 0.129. The molecular formula is C11H13F3N4O. The molecule has 0 aromatic carbocycles. The highest BCUT2D eigenvalue weighted by atomic mass is 19.4. The molecule has 8 heteroatoms. The molecule has 1 N–H and O–H groups in total. The molecule has 19 heavy (non-hydrogen) atoms. The van der Waals surface area contributed by atoms with Gasteiger partial charge < -0.3 is 10.2 Å². The molecule has 0 spiro atoms. The number of nitrogens with zero attached hydrogens (tertiary/aromatic N) is 3. The maximum Gasteiger partial charge on any atom is 0.389 e. The topological polar surface area (TPSA) is 58.1 Å². The Hall–Kier alpha value is -1.86. The molecule has 0 unspecified atom stereocenters. The van der Waals surface area contributed by atoms with E-state index in [1.807, 2.05) is 4.90 Å². The van der Waals surface area contributed by atoms with Crippen molar-refractivity contribution >= 4 is 11.7 Å². The van der Waals surface area contributed by atoms with Crippen molar-refractivity contribution in [3.05, 3.63) is 18.6 Å². The second-order valence-corrected chi connectivity index (χ2v) is 4.35. The SMILES string of the molecule is O=C(CCC(F)(F)F)NC1CN(c2cnccn2)C1. The molecule has 0 saturated carbocycles. The summed E-state index contributed by atoms with van der Waals surface area (Å²) in [7, 11) is 0. The zero-order chi connectivity index (χ0) is 13.9. The number of nitrogens with one attached hydrogen (secondary N) is 1. The van der Waals surface area contributed by atoms with Crippen LogP contribution in [0, 0.1) is 0 Å². The van der Waals surface area contributed by atoms with E-state index in [1.54, 1.807) is 18.6 Å². The van der Waals surface area contributed by atoms with Crippen LogP contribution >= 0.6 is 0 Å². The van der Waals surface area contributed by atoms with Crippen molar-refractivity contribution in [2.75, 3.05) is 18.0 Å². The number of anilines is 1. The number of hydrogen-bond donors (Lipinski definition) is 1. The van der Waals surface area contributed by atoms with Gasteiger partial charge in [-0.25, -0.2) is 4.98 Å². The highest BCUT2D eigenvalue weighted by Gasteiger charge is 2.31. The largest absolute Gasteiger partial charge is 0.389 e. The normalized spacial score (nSPS) is 16.1. The molecule has 1 amide bonds. The van der Waals surface area contributed by atoms with Crippen molar-refractivity contribution in [3.63, 3.8) is 0 Å². The molecule has 1 aliphatic heterocycles. The maximum absolute atomic E-state index is 11.9. The van der Waals surface area contributed by atoms with Crippen molar-refractivity contribution < 1.29 is 18.0 Å². The van der Waals surface area contributed by atoms with Gasteiger partial charge in [-0.3, -0.25) is 9.78 Å². The lowest BCUT2D eigenvalue weighted by molar-refractivity contribution is -0.144. The molecule has 1 aromatic rings. The smallest absolute Gasteiger partial charge is 0.351 e. The molecule has 0 aliphatic carbocycles. The first-order chi connectivity index (χ1) is 8.94. The quantitative estimate of drug-likeness (QED) is 0.894. The lowest BCUT2D eigenvalue weighted by Gasteiger charge is -2.40. The lowest BCUT2D eigenvalue weighted by Crippen LogP contribution is -2.59. The van der Waals surface area contributed by atoms with Crippen LogP contribution in [-0.2, 0) is 4.79 Å². The van der Waals surface area contributed by atoms with Gasteiger partial charge in [0.25, 0.3) is 0 Å². The number of amides is 1. The third kappa shape index (κ3) is 4.08. The van der Waals surface area contributed by atoms with Crippen LogP contribution in [0.25, 0.3) is 0 Å². The molecule has 1 fully saturated rings. The number of halogens is 3. The predicted octanol–water partition coefficient (Wildman–Crippen LogP) is 1.12. The molecule has 1 saturated heterocycles. The second kappa shape index (κ2) is 5.41. The Balaban J connectivity index is 1.69. The van der Waals surface area contributed by atoms with Gasteiger partial charge in [0.05, 0.1) is 18.7 Å². The van der Waals surface area contributed by atoms with E-state index < -0.39 is 24.9 Å². The van der Waals surface area contributed by atoms with E-state index in [0.717, 1.165) is 0 Å². The molecular weight excluding hydrogens is 261 g/mol. The molecule has 0 radical (unpaired) electrons. The van der Waals surface area contributed by atoms with Gasteiger partial charge in [-0.2, -0.15) is 13.2 Å². The van der Waals surface area contributed by atoms with Gasteiger partial charge in [0.1, 0.15) is 5.82 Å². The minimum absolute atomic E-state index is 0.122. The van der Waals surface area contributed by atoms with Gasteiger partial charge in [-0.15, -0.1) is 0 Å². The van der Waals surface area contributed by atoms with Crippen LogP contribution in [0.15, 0.2) is 18.6 Å². The van der Waals surface area contributed by atoms with Crippen LogP contribution in [-0.4, -0.2) is 41.2 Å². The van der Waals surface area contributed by atoms with E-state index in [2.05, 4.69) is 15.3 Å². The molecule has 0 bridgehead atoms. The monoisotopic (exact) mass is 274 g/mol. The minimum atomic E-state index is -4.29. The Morgan fingerprint density at radius 2 is 2.16 bits per heavy atom. The standard InChI is InChI=1S/C11H13F3N4O/c12-11(13,14)2-1-10(19)17-8-6-18(7-8)9-5-15-3-4-16-9/h3-5,8H,1-2,6-7H2,(H,17,19). The van der Waals surface area contributed by atoms with Crippen LogP contribution in [0.2, 0.25) is 0 Å². The molecule has 104 valence electrons. The predicted molar refractivity (Wildman–Crippen MR) is 61.5 cm³/mol. The molecule has 2 rings (SSSR count). The summed E-state index contributed by atoms with van der Waals surface area (Å²) < 4.78 is 35.8. The molecule has 1 aliphatic rings. The summed E-state index contributed by atoms with van der Waals surface area (Å²) in [6, 6.07) is -0.122. The summed E-state index contributed by atoms with van der Waals surface area (Å²) in [4.78, 5) is 21.2. The van der Waals surface area contributed by atoms with Gasteiger partial charge in [0, 0.05) is 31.9 Å². The van der Waals surface area contributed by atoms with E-state index in [0.29, 0.717) is 18.9 Å². The molecule has 5 nitrogen and oxygen atoms in total. The third-order valence-corrected chi connectivity index (χ3v) is 2.76. The van der Waals surface area contributed by atoms with E-state index in [9.17, 15) is 18.0 Å². The maximum atomic E-state index is 11.9. The molecule has 1 aromatic heterocycles. The number of carbonyl (C=O) groups excluding carboxylic acids is 1. The number of carbonyl (C=O) groups is 1. The summed E-state index contributed by atoms with van der Waals surface area (Å²) in [6.45, 7) is 1.08. The summed E-state index contributed by atoms with van der Waals surface area (Å²) >= 11 is 0. The van der Waals surface area contributed by atoms with Gasteiger partial charge in [-0.05, 0) is 0 Å². The minimum Gasteiger partial charge on any atom is -0.351 e. The first kappa shape index (κ1) is 13.6. The van der Waals surface area contributed by atoms with E-state index >= 15 is 0 Å². The Kier molecular flexibility index (Phi) is 3.87. The molecule has 2 heterocycles. The van der Waals surface area contributed by atoms with E-state index in [4.69, 9.17) is 0 Å². The number of hydrogen-bond acceptors (Lipinski definition) is 4. The summed E-state index contributed by atoms with van der Waals surface area (Å²) in [5.41, 5.74) is 0. The first-order valence-corrected chi connectivity index (χ1v) is 5.81. The fourth-order valence-electron chi connectivity index (χ4n) is 1.77. The van der Waals surface area contributed by atoms with E-state index in [-0.39, 0.29) is 6.04 Å². The van der Waals surface area contributed by atoms with Crippen molar-refractivity contribution in [2.45, 2.75) is 25.1 Å². The number of rotatable bonds is 4. The van der Waals surface area contributed by atoms with Gasteiger partial charge >= 0.3 is 6.18 Å². The third-order valence-electron chi connectivity index (χ3n) is 2.76. The number of aromatic nitrogens is 2. The number of alkyl halides is 3. The zero-order valence-electron chi connectivity index (χ0n) is 10.0. The first-order valence-electron chi connectivity index (χ1n) is 5.81. The van der Waals surface area contributed by atoms with E-state index in [1.165, 1.54) is 0 Å². The summed E-state index contributed by atoms with van der Waals surface area (Å²) in [6.07, 6.45) is -1.18. The Bertz CT molecular complexity index is 431. The van der Waals surface area contributed by atoms with Crippen LogP contribution in [0.3, 0.4) is 0 Å². The second-order valence-electron chi connectivity index (χ2n) is 4.35. The average molecular weight is 274 g/mol. The van der Waals surface area contributed by atoms with Crippen LogP contribution in [0.4, 0.5) is 19.0 Å². The van der Waals surface area contributed by atoms with Crippen molar-refractivity contribution in [2.24, 2.45) is 0 Å². The molecule has 0 atom stereocenters. The van der Waals surface area contributed by atoms with Crippen molar-refractivity contribution in [1.82, 2.24) is 15.3 Å². The van der Waals surface area contributed by atoms with Gasteiger partial charge in [0.2, 0.25) is 5.91 Å². The summed E-state index contributed by atoms with van der Waals surface area (Å²) in [5, 5.41) is 2.56. The average Bonchev–Trinajstić information content (AvgIpc) is 2.31. The highest BCUT2D eigenvalue weighted by molar-refractivity contribution is 5.76. The fraction of sp³-hybridized carbons (Fsp3) is 0.545. The van der Waals surface area contributed by atoms with Crippen LogP contribution in [0.1, 0.15) is 12.8 Å². The highest BCUT2D eigenvalue weighted by Crippen LogP contribution is 2.21. The Morgan fingerprint density at radius 3 is 2.74 bits per heavy atom. The lowest BCUT2D eigenvalue weighted by atomic mass is 10.1. The van der Waals surface area contributed by atoms with Crippen molar-refractivity contribution in [1.29, 1.82) is 0 Å². The Morgan fingerprint density at radius 1 is 1.42 bits per heavy atom. The van der Waals surface area contributed by atoms with Crippen LogP contribution in [0.5, 0.6) is 0 Å². The van der Waals surface area contributed by atoms with Gasteiger partial charge in [-0.1, -0.05) is 0 Å². The fourth-order valence-corrected chi connectivity index (χ4v) is 1.77. The van der Waals surface area contributed by atoms with Crippen molar-refractivity contribution in [3.8, 4) is 0 Å². The van der Waals surface area contributed by atoms with Gasteiger partial charge in [0.15, 0.2) is 0 Å². The van der Waals surface area contributed by atoms with Crippen LogP contribution < -0.4 is 10.2 Å². The Labute approximate surface area is 107 Å².